The molecule has 0 atom stereocenters. The van der Waals surface area contributed by atoms with Gasteiger partial charge in [-0.2, -0.15) is 0 Å². The minimum absolute atomic E-state index is 0.117. The van der Waals surface area contributed by atoms with E-state index >= 15 is 0 Å². The van der Waals surface area contributed by atoms with Crippen molar-refractivity contribution in [2.24, 2.45) is 0 Å². The summed E-state index contributed by atoms with van der Waals surface area (Å²) < 4.78 is 0. The van der Waals surface area contributed by atoms with Gasteiger partial charge in [-0.25, -0.2) is 9.78 Å². The Bertz CT molecular complexity index is 417. The number of nitrogens with one attached hydrogen (secondary N) is 1. The van der Waals surface area contributed by atoms with Crippen LogP contribution in [0.4, 0.5) is 5.82 Å². The molecule has 0 spiro atoms. The number of aromatic nitrogens is 1. The molecule has 0 radical (unpaired) electrons. The minimum Gasteiger partial charge on any atom is -0.478 e. The molecule has 0 aliphatic carbocycles. The third-order valence-corrected chi connectivity index (χ3v) is 2.99. The fourth-order valence-corrected chi connectivity index (χ4v) is 2.12. The molecule has 6 heteroatoms. The summed E-state index contributed by atoms with van der Waals surface area (Å²) in [7, 11) is 0. The van der Waals surface area contributed by atoms with Crippen LogP contribution in [0.3, 0.4) is 0 Å². The molecule has 1 saturated heterocycles. The monoisotopic (exact) mass is 255 g/mol. The van der Waals surface area contributed by atoms with Gasteiger partial charge in [-0.3, -0.25) is 0 Å². The van der Waals surface area contributed by atoms with E-state index in [9.17, 15) is 4.79 Å². The van der Waals surface area contributed by atoms with Gasteiger partial charge in [0.2, 0.25) is 0 Å². The highest BCUT2D eigenvalue weighted by Gasteiger charge is 2.15. The van der Waals surface area contributed by atoms with Gasteiger partial charge in [0, 0.05) is 25.8 Å². The Balaban J connectivity index is 2.22. The van der Waals surface area contributed by atoms with E-state index in [0.717, 1.165) is 32.6 Å². The average molecular weight is 256 g/mol. The minimum atomic E-state index is -1.01. The predicted octanol–water partition coefficient (Wildman–Crippen LogP) is 1.23. The second-order valence-electron chi connectivity index (χ2n) is 3.93. The number of pyridine rings is 1. The van der Waals surface area contributed by atoms with Crippen LogP contribution in [-0.2, 0) is 0 Å². The molecule has 5 nitrogen and oxygen atoms in total. The predicted molar refractivity (Wildman–Crippen MR) is 65.9 cm³/mol. The molecule has 0 aromatic carbocycles. The van der Waals surface area contributed by atoms with Crippen molar-refractivity contribution >= 4 is 23.4 Å². The molecule has 0 bridgehead atoms. The van der Waals surface area contributed by atoms with Crippen LogP contribution in [-0.4, -0.2) is 42.2 Å². The van der Waals surface area contributed by atoms with Gasteiger partial charge in [0.25, 0.3) is 0 Å². The zero-order valence-electron chi connectivity index (χ0n) is 9.32. The molecule has 2 rings (SSSR count). The molecule has 1 aromatic rings. The van der Waals surface area contributed by atoms with Crippen molar-refractivity contribution in [2.45, 2.75) is 6.42 Å². The number of aromatic carboxylic acids is 1. The summed E-state index contributed by atoms with van der Waals surface area (Å²) >= 11 is 6.07. The Kier molecular flexibility index (Phi) is 3.81. The summed E-state index contributed by atoms with van der Waals surface area (Å²) in [5.74, 6) is -0.344. The lowest BCUT2D eigenvalue weighted by molar-refractivity contribution is 0.0696. The number of nitrogens with zero attached hydrogens (tertiary/aromatic N) is 2. The number of hydrogen-bond acceptors (Lipinski definition) is 4. The van der Waals surface area contributed by atoms with Gasteiger partial charge in [0.1, 0.15) is 5.82 Å². The van der Waals surface area contributed by atoms with Crippen LogP contribution in [0.25, 0.3) is 0 Å². The molecule has 1 aliphatic rings. The third-order valence-electron chi connectivity index (χ3n) is 2.71. The maximum atomic E-state index is 10.8. The molecule has 2 heterocycles. The van der Waals surface area contributed by atoms with E-state index in [0.29, 0.717) is 10.8 Å². The van der Waals surface area contributed by atoms with Gasteiger partial charge in [-0.15, -0.1) is 0 Å². The first-order chi connectivity index (χ1) is 8.18. The standard InChI is InChI=1S/C11H14ClN3O2/c12-9-6-8(11(16)17)7-14-10(9)15-4-1-2-13-3-5-15/h6-7,13H,1-5H2,(H,16,17). The highest BCUT2D eigenvalue weighted by molar-refractivity contribution is 6.33. The fraction of sp³-hybridized carbons (Fsp3) is 0.455. The SMILES string of the molecule is O=C(O)c1cnc(N2CCCNCC2)c(Cl)c1. The van der Waals surface area contributed by atoms with Crippen LogP contribution in [0, 0.1) is 0 Å². The second-order valence-corrected chi connectivity index (χ2v) is 4.33. The van der Waals surface area contributed by atoms with Crippen molar-refractivity contribution in [1.29, 1.82) is 0 Å². The number of hydrogen-bond donors (Lipinski definition) is 2. The van der Waals surface area contributed by atoms with E-state index in [-0.39, 0.29) is 5.56 Å². The van der Waals surface area contributed by atoms with E-state index in [1.807, 2.05) is 0 Å². The van der Waals surface area contributed by atoms with Crippen molar-refractivity contribution in [3.05, 3.63) is 22.8 Å². The molecule has 0 unspecified atom stereocenters. The van der Waals surface area contributed by atoms with Crippen molar-refractivity contribution in [2.75, 3.05) is 31.1 Å². The highest BCUT2D eigenvalue weighted by atomic mass is 35.5. The summed E-state index contributed by atoms with van der Waals surface area (Å²) in [6.07, 6.45) is 2.38. The Morgan fingerprint density at radius 1 is 1.47 bits per heavy atom. The summed E-state index contributed by atoms with van der Waals surface area (Å²) in [6.45, 7) is 3.59. The number of rotatable bonds is 2. The van der Waals surface area contributed by atoms with Crippen LogP contribution < -0.4 is 10.2 Å². The van der Waals surface area contributed by atoms with E-state index in [4.69, 9.17) is 16.7 Å². The third kappa shape index (κ3) is 2.87. The van der Waals surface area contributed by atoms with Gasteiger partial charge in [-0.05, 0) is 19.0 Å². The molecule has 0 saturated carbocycles. The lowest BCUT2D eigenvalue weighted by Gasteiger charge is -2.22. The van der Waals surface area contributed by atoms with Gasteiger partial charge in [-0.1, -0.05) is 11.6 Å². The zero-order chi connectivity index (χ0) is 12.3. The van der Waals surface area contributed by atoms with Gasteiger partial charge in [0.15, 0.2) is 0 Å². The van der Waals surface area contributed by atoms with Crippen LogP contribution in [0.5, 0.6) is 0 Å². The smallest absolute Gasteiger partial charge is 0.337 e. The first-order valence-corrected chi connectivity index (χ1v) is 5.91. The second kappa shape index (κ2) is 5.33. The van der Waals surface area contributed by atoms with E-state index in [1.165, 1.54) is 12.3 Å². The molecular formula is C11H14ClN3O2. The van der Waals surface area contributed by atoms with Crippen LogP contribution in [0.15, 0.2) is 12.3 Å². The van der Waals surface area contributed by atoms with Crippen molar-refractivity contribution in [3.8, 4) is 0 Å². The highest BCUT2D eigenvalue weighted by Crippen LogP contribution is 2.24. The fourth-order valence-electron chi connectivity index (χ4n) is 1.84. The van der Waals surface area contributed by atoms with E-state index < -0.39 is 5.97 Å². The normalized spacial score (nSPS) is 16.6. The molecule has 2 N–H and O–H groups in total. The Hall–Kier alpha value is -1.33. The Morgan fingerprint density at radius 3 is 3.00 bits per heavy atom. The summed E-state index contributed by atoms with van der Waals surface area (Å²) in [5.41, 5.74) is 0.117. The number of carboxylic acid groups (broad SMARTS) is 1. The largest absolute Gasteiger partial charge is 0.478 e. The van der Waals surface area contributed by atoms with Crippen LogP contribution in [0.1, 0.15) is 16.8 Å². The van der Waals surface area contributed by atoms with Crippen molar-refractivity contribution in [1.82, 2.24) is 10.3 Å². The molecule has 0 amide bonds. The molecule has 1 aliphatic heterocycles. The van der Waals surface area contributed by atoms with Crippen molar-refractivity contribution < 1.29 is 9.90 Å². The Labute approximate surface area is 104 Å². The maximum absolute atomic E-state index is 10.8. The molecule has 1 aromatic heterocycles. The van der Waals surface area contributed by atoms with Gasteiger partial charge >= 0.3 is 5.97 Å². The summed E-state index contributed by atoms with van der Waals surface area (Å²) in [5, 5.41) is 12.5. The molecule has 17 heavy (non-hydrogen) atoms. The van der Waals surface area contributed by atoms with E-state index in [1.54, 1.807) is 0 Å². The lowest BCUT2D eigenvalue weighted by atomic mass is 10.2. The molecule has 92 valence electrons. The number of halogens is 1. The summed E-state index contributed by atoms with van der Waals surface area (Å²) in [4.78, 5) is 17.0. The number of carboxylic acids is 1. The molecule has 1 fully saturated rings. The topological polar surface area (TPSA) is 65.5 Å². The zero-order valence-corrected chi connectivity index (χ0v) is 10.1. The maximum Gasteiger partial charge on any atom is 0.337 e. The van der Waals surface area contributed by atoms with Crippen molar-refractivity contribution in [3.63, 3.8) is 0 Å². The lowest BCUT2D eigenvalue weighted by Crippen LogP contribution is -2.28. The molecular weight excluding hydrogens is 242 g/mol. The first-order valence-electron chi connectivity index (χ1n) is 5.53. The van der Waals surface area contributed by atoms with Gasteiger partial charge in [0.05, 0.1) is 10.6 Å². The Morgan fingerprint density at radius 2 is 2.29 bits per heavy atom. The van der Waals surface area contributed by atoms with Crippen LogP contribution in [0.2, 0.25) is 5.02 Å². The first kappa shape index (κ1) is 12.1. The summed E-state index contributed by atoms with van der Waals surface area (Å²) in [6, 6.07) is 1.45. The average Bonchev–Trinajstić information content (AvgIpc) is 2.57. The quantitative estimate of drug-likeness (QED) is 0.832. The van der Waals surface area contributed by atoms with Gasteiger partial charge < -0.3 is 15.3 Å². The van der Waals surface area contributed by atoms with E-state index in [2.05, 4.69) is 15.2 Å². The number of anilines is 1. The van der Waals surface area contributed by atoms with Crippen LogP contribution >= 0.6 is 11.6 Å². The number of carbonyl (C=O) groups is 1.